The van der Waals surface area contributed by atoms with E-state index in [0.29, 0.717) is 0 Å². The number of morpholine rings is 1. The third-order valence-corrected chi connectivity index (χ3v) is 4.80. The standard InChI is InChI=1S/C17H25NO/c1-13-3-5-15(6-4-13)16-11-18-12-17(19-16)9-7-14(2)8-10-17/h3-6,14,16,18H,7-12H2,1-2H3. The Morgan fingerprint density at radius 1 is 1.16 bits per heavy atom. The molecule has 2 aliphatic rings. The highest BCUT2D eigenvalue weighted by molar-refractivity contribution is 5.24. The van der Waals surface area contributed by atoms with Crippen LogP contribution >= 0.6 is 0 Å². The van der Waals surface area contributed by atoms with Crippen LogP contribution in [0.2, 0.25) is 0 Å². The van der Waals surface area contributed by atoms with Crippen molar-refractivity contribution in [2.75, 3.05) is 13.1 Å². The molecule has 1 saturated carbocycles. The Labute approximate surface area is 116 Å². The zero-order valence-corrected chi connectivity index (χ0v) is 12.1. The molecular weight excluding hydrogens is 234 g/mol. The van der Waals surface area contributed by atoms with Gasteiger partial charge in [0.25, 0.3) is 0 Å². The second-order valence-electron chi connectivity index (χ2n) is 6.51. The molecule has 2 fully saturated rings. The van der Waals surface area contributed by atoms with Gasteiger partial charge in [0.15, 0.2) is 0 Å². The van der Waals surface area contributed by atoms with Gasteiger partial charge in [-0.25, -0.2) is 0 Å². The van der Waals surface area contributed by atoms with Crippen molar-refractivity contribution >= 4 is 0 Å². The molecule has 1 heterocycles. The summed E-state index contributed by atoms with van der Waals surface area (Å²) in [5.74, 6) is 0.869. The number of hydrogen-bond acceptors (Lipinski definition) is 2. The molecule has 1 aliphatic heterocycles. The van der Waals surface area contributed by atoms with Crippen molar-refractivity contribution in [2.24, 2.45) is 5.92 Å². The zero-order chi connectivity index (χ0) is 13.3. The van der Waals surface area contributed by atoms with Crippen molar-refractivity contribution in [2.45, 2.75) is 51.2 Å². The maximum absolute atomic E-state index is 6.53. The molecule has 0 bridgehead atoms. The van der Waals surface area contributed by atoms with Crippen LogP contribution in [0, 0.1) is 12.8 Å². The summed E-state index contributed by atoms with van der Waals surface area (Å²) in [6, 6.07) is 8.80. The minimum absolute atomic E-state index is 0.0975. The van der Waals surface area contributed by atoms with Crippen LogP contribution in [0.4, 0.5) is 0 Å². The predicted octanol–water partition coefficient (Wildman–Crippen LogP) is 3.60. The van der Waals surface area contributed by atoms with E-state index in [1.165, 1.54) is 36.8 Å². The van der Waals surface area contributed by atoms with Crippen LogP contribution in [-0.4, -0.2) is 18.7 Å². The summed E-state index contributed by atoms with van der Waals surface area (Å²) in [5.41, 5.74) is 2.73. The van der Waals surface area contributed by atoms with Gasteiger partial charge >= 0.3 is 0 Å². The summed E-state index contributed by atoms with van der Waals surface area (Å²) in [6.45, 7) is 6.47. The van der Waals surface area contributed by atoms with Crippen molar-refractivity contribution in [3.63, 3.8) is 0 Å². The maximum atomic E-state index is 6.53. The Balaban J connectivity index is 1.72. The van der Waals surface area contributed by atoms with E-state index < -0.39 is 0 Å². The number of rotatable bonds is 1. The summed E-state index contributed by atoms with van der Waals surface area (Å²) in [4.78, 5) is 0. The fraction of sp³-hybridized carbons (Fsp3) is 0.647. The van der Waals surface area contributed by atoms with E-state index >= 15 is 0 Å². The molecule has 104 valence electrons. The Bertz CT molecular complexity index is 417. The normalized spacial score (nSPS) is 35.5. The van der Waals surface area contributed by atoms with Gasteiger partial charge in [-0.2, -0.15) is 0 Å². The second kappa shape index (κ2) is 5.26. The molecule has 0 radical (unpaired) electrons. The summed E-state index contributed by atoms with van der Waals surface area (Å²) < 4.78 is 6.53. The summed E-state index contributed by atoms with van der Waals surface area (Å²) in [6.07, 6.45) is 5.26. The van der Waals surface area contributed by atoms with Gasteiger partial charge in [-0.05, 0) is 44.1 Å². The first-order valence-electron chi connectivity index (χ1n) is 7.62. The van der Waals surface area contributed by atoms with Crippen LogP contribution in [0.5, 0.6) is 0 Å². The van der Waals surface area contributed by atoms with Crippen LogP contribution in [0.1, 0.15) is 49.8 Å². The number of benzene rings is 1. The van der Waals surface area contributed by atoms with Gasteiger partial charge in [-0.1, -0.05) is 36.8 Å². The minimum atomic E-state index is 0.0975. The SMILES string of the molecule is Cc1ccc(C2CNCC3(CCC(C)CC3)O2)cc1. The Morgan fingerprint density at radius 3 is 2.53 bits per heavy atom. The van der Waals surface area contributed by atoms with Crippen molar-refractivity contribution < 1.29 is 4.74 Å². The molecule has 3 rings (SSSR count). The molecule has 1 unspecified atom stereocenters. The van der Waals surface area contributed by atoms with Crippen molar-refractivity contribution in [3.05, 3.63) is 35.4 Å². The quantitative estimate of drug-likeness (QED) is 0.832. The number of hydrogen-bond donors (Lipinski definition) is 1. The van der Waals surface area contributed by atoms with Crippen LogP contribution in [0.3, 0.4) is 0 Å². The second-order valence-corrected chi connectivity index (χ2v) is 6.51. The molecule has 2 heteroatoms. The van der Waals surface area contributed by atoms with E-state index in [2.05, 4.69) is 43.4 Å². The van der Waals surface area contributed by atoms with Gasteiger partial charge < -0.3 is 10.1 Å². The third kappa shape index (κ3) is 2.85. The lowest BCUT2D eigenvalue weighted by Crippen LogP contribution is -2.52. The van der Waals surface area contributed by atoms with Gasteiger partial charge in [-0.15, -0.1) is 0 Å². The fourth-order valence-electron chi connectivity index (χ4n) is 3.37. The fourth-order valence-corrected chi connectivity index (χ4v) is 3.37. The average molecular weight is 259 g/mol. The lowest BCUT2D eigenvalue weighted by Gasteiger charge is -2.45. The molecule has 1 aromatic rings. The lowest BCUT2D eigenvalue weighted by molar-refractivity contribution is -0.140. The smallest absolute Gasteiger partial charge is 0.0957 e. The highest BCUT2D eigenvalue weighted by atomic mass is 16.5. The van der Waals surface area contributed by atoms with Crippen molar-refractivity contribution in [3.8, 4) is 0 Å². The maximum Gasteiger partial charge on any atom is 0.0957 e. The lowest BCUT2D eigenvalue weighted by atomic mass is 9.78. The molecule has 1 saturated heterocycles. The van der Waals surface area contributed by atoms with E-state index in [-0.39, 0.29) is 11.7 Å². The molecule has 1 aromatic carbocycles. The summed E-state index contributed by atoms with van der Waals surface area (Å²) >= 11 is 0. The predicted molar refractivity (Wildman–Crippen MR) is 78.2 cm³/mol. The van der Waals surface area contributed by atoms with Crippen molar-refractivity contribution in [1.82, 2.24) is 5.32 Å². The molecule has 19 heavy (non-hydrogen) atoms. The van der Waals surface area contributed by atoms with E-state index in [4.69, 9.17) is 4.74 Å². The zero-order valence-electron chi connectivity index (χ0n) is 12.1. The Morgan fingerprint density at radius 2 is 1.84 bits per heavy atom. The largest absolute Gasteiger partial charge is 0.364 e. The molecule has 1 spiro atoms. The molecule has 1 atom stereocenters. The first kappa shape index (κ1) is 13.1. The molecule has 0 amide bonds. The Kier molecular flexibility index (Phi) is 3.64. The van der Waals surface area contributed by atoms with Gasteiger partial charge in [0.2, 0.25) is 0 Å². The Hall–Kier alpha value is -0.860. The number of nitrogens with one attached hydrogen (secondary N) is 1. The van der Waals surface area contributed by atoms with Gasteiger partial charge in [0, 0.05) is 13.1 Å². The van der Waals surface area contributed by atoms with Crippen LogP contribution in [0.15, 0.2) is 24.3 Å². The molecule has 1 N–H and O–H groups in total. The highest BCUT2D eigenvalue weighted by Gasteiger charge is 2.39. The van der Waals surface area contributed by atoms with Crippen molar-refractivity contribution in [1.29, 1.82) is 0 Å². The molecular formula is C17H25NO. The third-order valence-electron chi connectivity index (χ3n) is 4.80. The van der Waals surface area contributed by atoms with Gasteiger partial charge in [0.1, 0.15) is 0 Å². The number of aryl methyl sites for hydroxylation is 1. The highest BCUT2D eigenvalue weighted by Crippen LogP contribution is 2.39. The molecule has 0 aromatic heterocycles. The topological polar surface area (TPSA) is 21.3 Å². The van der Waals surface area contributed by atoms with Gasteiger partial charge in [0.05, 0.1) is 11.7 Å². The average Bonchev–Trinajstić information content (AvgIpc) is 2.44. The summed E-state index contributed by atoms with van der Waals surface area (Å²) in [7, 11) is 0. The van der Waals surface area contributed by atoms with E-state index in [0.717, 1.165) is 19.0 Å². The van der Waals surface area contributed by atoms with E-state index in [9.17, 15) is 0 Å². The van der Waals surface area contributed by atoms with Crippen LogP contribution < -0.4 is 5.32 Å². The molecule has 2 nitrogen and oxygen atoms in total. The minimum Gasteiger partial charge on any atom is -0.364 e. The van der Waals surface area contributed by atoms with E-state index in [1.54, 1.807) is 0 Å². The number of ether oxygens (including phenoxy) is 1. The first-order chi connectivity index (χ1) is 9.17. The monoisotopic (exact) mass is 259 g/mol. The van der Waals surface area contributed by atoms with Gasteiger partial charge in [-0.3, -0.25) is 0 Å². The first-order valence-corrected chi connectivity index (χ1v) is 7.62. The van der Waals surface area contributed by atoms with E-state index in [1.807, 2.05) is 0 Å². The summed E-state index contributed by atoms with van der Waals surface area (Å²) in [5, 5.41) is 3.60. The van der Waals surface area contributed by atoms with Crippen LogP contribution in [-0.2, 0) is 4.74 Å². The van der Waals surface area contributed by atoms with Crippen LogP contribution in [0.25, 0.3) is 0 Å². The molecule has 1 aliphatic carbocycles.